The number of amides is 1. The van der Waals surface area contributed by atoms with Crippen molar-refractivity contribution in [2.24, 2.45) is 5.84 Å². The van der Waals surface area contributed by atoms with Gasteiger partial charge in [-0.25, -0.2) is 15.8 Å². The average Bonchev–Trinajstić information content (AvgIpc) is 2.87. The summed E-state index contributed by atoms with van der Waals surface area (Å²) in [5.74, 6) is 6.47. The second kappa shape index (κ2) is 6.01. The molecule has 0 aliphatic rings. The topological polar surface area (TPSA) is 109 Å². The Hall–Kier alpha value is -2.35. The first-order valence-electron chi connectivity index (χ1n) is 6.05. The van der Waals surface area contributed by atoms with Crippen LogP contribution >= 0.6 is 0 Å². The van der Waals surface area contributed by atoms with Crippen LogP contribution < -0.4 is 21.9 Å². The van der Waals surface area contributed by atoms with E-state index < -0.39 is 0 Å². The maximum atomic E-state index is 11.3. The molecule has 19 heavy (non-hydrogen) atoms. The fourth-order valence-electron chi connectivity index (χ4n) is 1.70. The molecule has 8 heteroatoms. The third-order valence-electron chi connectivity index (χ3n) is 2.54. The van der Waals surface area contributed by atoms with E-state index in [4.69, 9.17) is 5.84 Å². The number of fused-ring (bicyclic) bond motifs is 1. The number of hydrogen-bond donors (Lipinski definition) is 4. The van der Waals surface area contributed by atoms with Crippen LogP contribution in [-0.2, 0) is 4.79 Å². The average molecular weight is 263 g/mol. The molecule has 1 amide bonds. The van der Waals surface area contributed by atoms with Crippen LogP contribution in [0.1, 0.15) is 13.3 Å². The van der Waals surface area contributed by atoms with Crippen molar-refractivity contribution in [1.29, 1.82) is 0 Å². The third kappa shape index (κ3) is 3.10. The van der Waals surface area contributed by atoms with Crippen molar-refractivity contribution < 1.29 is 4.79 Å². The summed E-state index contributed by atoms with van der Waals surface area (Å²) in [6.45, 7) is 3.00. The molecule has 0 radical (unpaired) electrons. The fourth-order valence-corrected chi connectivity index (χ4v) is 1.70. The van der Waals surface area contributed by atoms with E-state index in [1.165, 1.54) is 0 Å². The molecule has 2 aromatic rings. The van der Waals surface area contributed by atoms with Gasteiger partial charge in [0.25, 0.3) is 0 Å². The van der Waals surface area contributed by atoms with E-state index in [1.807, 2.05) is 6.92 Å². The summed E-state index contributed by atoms with van der Waals surface area (Å²) in [5, 5.41) is 5.82. The largest absolute Gasteiger partial charge is 0.366 e. The summed E-state index contributed by atoms with van der Waals surface area (Å²) in [6.07, 6.45) is 5.58. The van der Waals surface area contributed by atoms with E-state index in [9.17, 15) is 4.79 Å². The number of nitrogens with two attached hydrogens (primary N) is 1. The molecule has 2 aromatic heterocycles. The number of hydrogen-bond acceptors (Lipinski definition) is 6. The van der Waals surface area contributed by atoms with Crippen LogP contribution in [0.15, 0.2) is 18.6 Å². The number of imidazole rings is 1. The first-order valence-corrected chi connectivity index (χ1v) is 6.05. The van der Waals surface area contributed by atoms with Gasteiger partial charge in [0.2, 0.25) is 5.91 Å². The number of aromatic nitrogens is 3. The molecular weight excluding hydrogens is 246 g/mol. The maximum absolute atomic E-state index is 11.3. The molecule has 0 fully saturated rings. The Morgan fingerprint density at radius 2 is 2.37 bits per heavy atom. The normalized spacial score (nSPS) is 10.4. The summed E-state index contributed by atoms with van der Waals surface area (Å²) in [4.78, 5) is 19.8. The molecule has 0 spiro atoms. The van der Waals surface area contributed by atoms with Crippen LogP contribution in [0.5, 0.6) is 0 Å². The predicted octanol–water partition coefficient (Wildman–Crippen LogP) is -0.0470. The number of nitrogens with one attached hydrogen (secondary N) is 3. The quantitative estimate of drug-likeness (QED) is 0.430. The van der Waals surface area contributed by atoms with Gasteiger partial charge in [-0.2, -0.15) is 0 Å². The Balaban J connectivity index is 2.07. The van der Waals surface area contributed by atoms with Crippen molar-refractivity contribution in [3.8, 4) is 0 Å². The van der Waals surface area contributed by atoms with Gasteiger partial charge in [-0.3, -0.25) is 4.79 Å². The van der Waals surface area contributed by atoms with Crippen LogP contribution in [0.25, 0.3) is 5.65 Å². The van der Waals surface area contributed by atoms with Crippen LogP contribution in [0.3, 0.4) is 0 Å². The van der Waals surface area contributed by atoms with Gasteiger partial charge in [0.1, 0.15) is 0 Å². The minimum absolute atomic E-state index is 0.00228. The van der Waals surface area contributed by atoms with Crippen molar-refractivity contribution in [2.75, 3.05) is 23.8 Å². The monoisotopic (exact) mass is 263 g/mol. The number of carbonyl (C=O) groups is 1. The summed E-state index contributed by atoms with van der Waals surface area (Å²) >= 11 is 0. The molecule has 0 aliphatic carbocycles. The maximum Gasteiger partial charge on any atom is 0.221 e. The number of nitrogen functional groups attached to an aromatic ring is 1. The van der Waals surface area contributed by atoms with Gasteiger partial charge in [-0.05, 0) is 6.92 Å². The third-order valence-corrected chi connectivity index (χ3v) is 2.54. The zero-order chi connectivity index (χ0) is 13.7. The SMILES string of the molecule is CCNC(=O)CCNc1nc(NN)cn2ccnc12. The molecular formula is C11H17N7O. The molecule has 2 heterocycles. The summed E-state index contributed by atoms with van der Waals surface area (Å²) in [7, 11) is 0. The Labute approximate surface area is 110 Å². The van der Waals surface area contributed by atoms with Crippen molar-refractivity contribution in [3.63, 3.8) is 0 Å². The lowest BCUT2D eigenvalue weighted by atomic mass is 10.4. The molecule has 0 bridgehead atoms. The van der Waals surface area contributed by atoms with E-state index in [-0.39, 0.29) is 5.91 Å². The van der Waals surface area contributed by atoms with E-state index in [1.54, 1.807) is 23.0 Å². The van der Waals surface area contributed by atoms with E-state index in [0.29, 0.717) is 36.8 Å². The first-order chi connectivity index (χ1) is 9.24. The van der Waals surface area contributed by atoms with Crippen molar-refractivity contribution in [1.82, 2.24) is 19.7 Å². The van der Waals surface area contributed by atoms with Crippen molar-refractivity contribution in [2.45, 2.75) is 13.3 Å². The second-order valence-corrected chi connectivity index (χ2v) is 3.91. The van der Waals surface area contributed by atoms with Gasteiger partial charge in [0.15, 0.2) is 17.3 Å². The Kier molecular flexibility index (Phi) is 4.14. The smallest absolute Gasteiger partial charge is 0.221 e. The molecule has 2 rings (SSSR count). The molecule has 0 aromatic carbocycles. The van der Waals surface area contributed by atoms with Gasteiger partial charge >= 0.3 is 0 Å². The number of rotatable bonds is 6. The van der Waals surface area contributed by atoms with Gasteiger partial charge in [-0.1, -0.05) is 0 Å². The molecule has 0 unspecified atom stereocenters. The molecule has 0 saturated heterocycles. The van der Waals surface area contributed by atoms with Crippen molar-refractivity contribution in [3.05, 3.63) is 18.6 Å². The highest BCUT2D eigenvalue weighted by molar-refractivity contribution is 5.76. The highest BCUT2D eigenvalue weighted by atomic mass is 16.1. The minimum Gasteiger partial charge on any atom is -0.366 e. The molecule has 0 atom stereocenters. The van der Waals surface area contributed by atoms with E-state index >= 15 is 0 Å². The fraction of sp³-hybridized carbons (Fsp3) is 0.364. The number of carbonyl (C=O) groups excluding carboxylic acids is 1. The first kappa shape index (κ1) is 13.1. The highest BCUT2D eigenvalue weighted by Crippen LogP contribution is 2.15. The standard InChI is InChI=1S/C11H17N7O/c1-2-13-9(19)3-4-14-10-11-15-5-6-18(11)7-8(16-10)17-12/h5-7,17H,2-4,12H2,1H3,(H,13,19)(H,14,16). The Bertz CT molecular complexity index is 565. The van der Waals surface area contributed by atoms with Gasteiger partial charge in [-0.15, -0.1) is 0 Å². The van der Waals surface area contributed by atoms with Crippen LogP contribution in [0.2, 0.25) is 0 Å². The molecule has 0 saturated carbocycles. The molecule has 102 valence electrons. The van der Waals surface area contributed by atoms with Gasteiger partial charge in [0, 0.05) is 31.9 Å². The minimum atomic E-state index is 0.00228. The van der Waals surface area contributed by atoms with Gasteiger partial charge in [0.05, 0.1) is 6.20 Å². The Morgan fingerprint density at radius 3 is 3.11 bits per heavy atom. The Morgan fingerprint density at radius 1 is 1.53 bits per heavy atom. The summed E-state index contributed by atoms with van der Waals surface area (Å²) in [6, 6.07) is 0. The summed E-state index contributed by atoms with van der Waals surface area (Å²) in [5.41, 5.74) is 3.18. The molecule has 5 N–H and O–H groups in total. The van der Waals surface area contributed by atoms with E-state index in [2.05, 4.69) is 26.0 Å². The van der Waals surface area contributed by atoms with Crippen LogP contribution in [-0.4, -0.2) is 33.4 Å². The van der Waals surface area contributed by atoms with Crippen molar-refractivity contribution >= 4 is 23.2 Å². The number of anilines is 2. The molecule has 8 nitrogen and oxygen atoms in total. The molecule has 0 aliphatic heterocycles. The van der Waals surface area contributed by atoms with Crippen LogP contribution in [0.4, 0.5) is 11.6 Å². The highest BCUT2D eigenvalue weighted by Gasteiger charge is 2.07. The lowest BCUT2D eigenvalue weighted by molar-refractivity contribution is -0.120. The lowest BCUT2D eigenvalue weighted by Crippen LogP contribution is -2.25. The predicted molar refractivity (Wildman–Crippen MR) is 72.6 cm³/mol. The lowest BCUT2D eigenvalue weighted by Gasteiger charge is -2.09. The zero-order valence-corrected chi connectivity index (χ0v) is 10.7. The zero-order valence-electron chi connectivity index (χ0n) is 10.7. The number of hydrazine groups is 1. The van der Waals surface area contributed by atoms with Crippen LogP contribution in [0, 0.1) is 0 Å². The van der Waals surface area contributed by atoms with E-state index in [0.717, 1.165) is 0 Å². The number of nitrogens with zero attached hydrogens (tertiary/aromatic N) is 3. The summed E-state index contributed by atoms with van der Waals surface area (Å²) < 4.78 is 1.80. The second-order valence-electron chi connectivity index (χ2n) is 3.91. The van der Waals surface area contributed by atoms with Gasteiger partial charge < -0.3 is 20.5 Å².